The Kier molecular flexibility index (Phi) is 6.69. The number of hydrogen-bond acceptors (Lipinski definition) is 4. The smallest absolute Gasteiger partial charge is 0.261 e. The Morgan fingerprint density at radius 3 is 2.41 bits per heavy atom. The summed E-state index contributed by atoms with van der Waals surface area (Å²) < 4.78 is 10.6. The van der Waals surface area contributed by atoms with Gasteiger partial charge in [0, 0.05) is 13.1 Å². The van der Waals surface area contributed by atoms with Crippen molar-refractivity contribution in [3.8, 4) is 11.5 Å². The van der Waals surface area contributed by atoms with Gasteiger partial charge < -0.3 is 20.1 Å². The quantitative estimate of drug-likeness (QED) is 0.699. The zero-order valence-electron chi connectivity index (χ0n) is 12.6. The van der Waals surface area contributed by atoms with Gasteiger partial charge in [0.05, 0.1) is 12.7 Å². The normalized spacial score (nSPS) is 9.68. The fourth-order valence-electron chi connectivity index (χ4n) is 1.83. The van der Waals surface area contributed by atoms with Crippen LogP contribution in [0, 0.1) is 0 Å². The van der Waals surface area contributed by atoms with Crippen molar-refractivity contribution >= 4 is 11.8 Å². The van der Waals surface area contributed by atoms with Crippen molar-refractivity contribution in [2.75, 3.05) is 26.8 Å². The number of ether oxygens (including phenoxy) is 2. The lowest BCUT2D eigenvalue weighted by molar-refractivity contribution is -0.132. The van der Waals surface area contributed by atoms with Crippen LogP contribution in [0.25, 0.3) is 0 Å². The van der Waals surface area contributed by atoms with Crippen LogP contribution in [0.2, 0.25) is 0 Å². The summed E-state index contributed by atoms with van der Waals surface area (Å²) >= 11 is 0. The fraction of sp³-hybridized carbons (Fsp3) is 0.250. The lowest BCUT2D eigenvalue weighted by Gasteiger charge is -2.20. The molecule has 0 fully saturated rings. The number of nitrogens with zero attached hydrogens (tertiary/aromatic N) is 1. The molecule has 0 radical (unpaired) electrons. The average molecular weight is 304 g/mol. The molecular formula is C16H20N2O4. The first-order valence-electron chi connectivity index (χ1n) is 6.64. The van der Waals surface area contributed by atoms with Crippen LogP contribution in [0.1, 0.15) is 10.4 Å². The van der Waals surface area contributed by atoms with Gasteiger partial charge in [-0.05, 0) is 12.1 Å². The molecule has 6 nitrogen and oxygen atoms in total. The van der Waals surface area contributed by atoms with E-state index in [0.29, 0.717) is 18.8 Å². The second-order valence-electron chi connectivity index (χ2n) is 4.37. The molecule has 0 spiro atoms. The Balaban J connectivity index is 2.90. The predicted molar refractivity (Wildman–Crippen MR) is 84.0 cm³/mol. The summed E-state index contributed by atoms with van der Waals surface area (Å²) in [5, 5.41) is 0. The predicted octanol–water partition coefficient (Wildman–Crippen LogP) is 1.37. The number of para-hydroxylation sites is 1. The highest BCUT2D eigenvalue weighted by Gasteiger charge is 2.18. The molecule has 0 aliphatic carbocycles. The fourth-order valence-corrected chi connectivity index (χ4v) is 1.83. The molecule has 0 bridgehead atoms. The first-order chi connectivity index (χ1) is 10.5. The standard InChI is InChI=1S/C16H20N2O4/c1-4-9-18(10-5-2)14(19)11-22-15-12(16(17)20)7-6-8-13(15)21-3/h4-8H,1-2,9-11H2,3H3,(H2,17,20). The van der Waals surface area contributed by atoms with Gasteiger partial charge in [0.25, 0.3) is 11.8 Å². The van der Waals surface area contributed by atoms with Crippen LogP contribution in [-0.4, -0.2) is 43.5 Å². The van der Waals surface area contributed by atoms with Crippen LogP contribution in [0.5, 0.6) is 11.5 Å². The maximum atomic E-state index is 12.1. The van der Waals surface area contributed by atoms with Gasteiger partial charge >= 0.3 is 0 Å². The number of carbonyl (C=O) groups excluding carboxylic acids is 2. The zero-order valence-corrected chi connectivity index (χ0v) is 12.6. The van der Waals surface area contributed by atoms with Crippen molar-refractivity contribution in [2.24, 2.45) is 5.73 Å². The van der Waals surface area contributed by atoms with Crippen LogP contribution in [-0.2, 0) is 4.79 Å². The van der Waals surface area contributed by atoms with Crippen LogP contribution < -0.4 is 15.2 Å². The summed E-state index contributed by atoms with van der Waals surface area (Å²) in [6.45, 7) is 7.70. The molecule has 0 atom stereocenters. The molecular weight excluding hydrogens is 284 g/mol. The van der Waals surface area contributed by atoms with E-state index in [1.807, 2.05) is 0 Å². The van der Waals surface area contributed by atoms with Crippen molar-refractivity contribution in [3.05, 3.63) is 49.1 Å². The van der Waals surface area contributed by atoms with E-state index in [0.717, 1.165) is 0 Å². The second kappa shape index (κ2) is 8.51. The molecule has 0 unspecified atom stereocenters. The van der Waals surface area contributed by atoms with E-state index in [4.69, 9.17) is 15.2 Å². The van der Waals surface area contributed by atoms with E-state index < -0.39 is 5.91 Å². The Bertz CT molecular complexity index is 559. The summed E-state index contributed by atoms with van der Waals surface area (Å²) in [6, 6.07) is 4.75. The highest BCUT2D eigenvalue weighted by Crippen LogP contribution is 2.30. The number of methoxy groups -OCH3 is 1. The average Bonchev–Trinajstić information content (AvgIpc) is 2.51. The maximum absolute atomic E-state index is 12.1. The minimum absolute atomic E-state index is 0.156. The van der Waals surface area contributed by atoms with Crippen molar-refractivity contribution in [2.45, 2.75) is 0 Å². The molecule has 1 aromatic rings. The number of hydrogen-bond donors (Lipinski definition) is 1. The molecule has 1 aromatic carbocycles. The number of primary amides is 1. The molecule has 0 heterocycles. The van der Waals surface area contributed by atoms with Crippen LogP contribution in [0.3, 0.4) is 0 Å². The summed E-state index contributed by atoms with van der Waals surface area (Å²) in [7, 11) is 1.44. The van der Waals surface area contributed by atoms with E-state index in [9.17, 15) is 9.59 Å². The molecule has 118 valence electrons. The molecule has 2 amide bonds. The van der Waals surface area contributed by atoms with Crippen molar-refractivity contribution in [1.29, 1.82) is 0 Å². The minimum Gasteiger partial charge on any atom is -0.493 e. The monoisotopic (exact) mass is 304 g/mol. The molecule has 0 saturated heterocycles. The highest BCUT2D eigenvalue weighted by molar-refractivity contribution is 5.96. The van der Waals surface area contributed by atoms with E-state index in [1.165, 1.54) is 18.1 Å². The van der Waals surface area contributed by atoms with E-state index in [-0.39, 0.29) is 23.8 Å². The van der Waals surface area contributed by atoms with Gasteiger partial charge in [0.1, 0.15) is 0 Å². The number of amides is 2. The van der Waals surface area contributed by atoms with Crippen molar-refractivity contribution in [3.63, 3.8) is 0 Å². The summed E-state index contributed by atoms with van der Waals surface area (Å²) in [5.41, 5.74) is 5.46. The van der Waals surface area contributed by atoms with Crippen LogP contribution in [0.4, 0.5) is 0 Å². The van der Waals surface area contributed by atoms with Crippen molar-refractivity contribution < 1.29 is 19.1 Å². The second-order valence-corrected chi connectivity index (χ2v) is 4.37. The van der Waals surface area contributed by atoms with E-state index in [2.05, 4.69) is 13.2 Å². The van der Waals surface area contributed by atoms with E-state index >= 15 is 0 Å². The van der Waals surface area contributed by atoms with Gasteiger partial charge in [0.15, 0.2) is 18.1 Å². The lowest BCUT2D eigenvalue weighted by atomic mass is 10.2. The minimum atomic E-state index is -0.657. The molecule has 22 heavy (non-hydrogen) atoms. The van der Waals surface area contributed by atoms with Gasteiger partial charge in [-0.2, -0.15) is 0 Å². The zero-order chi connectivity index (χ0) is 16.5. The van der Waals surface area contributed by atoms with Gasteiger partial charge in [0.2, 0.25) is 0 Å². The summed E-state index contributed by atoms with van der Waals surface area (Å²) in [5.74, 6) is -0.428. The largest absolute Gasteiger partial charge is 0.493 e. The van der Waals surface area contributed by atoms with Crippen LogP contribution in [0.15, 0.2) is 43.5 Å². The molecule has 0 aliphatic heterocycles. The Morgan fingerprint density at radius 2 is 1.91 bits per heavy atom. The number of rotatable bonds is 9. The number of benzene rings is 1. The van der Waals surface area contributed by atoms with Crippen LogP contribution >= 0.6 is 0 Å². The van der Waals surface area contributed by atoms with Gasteiger partial charge in [-0.15, -0.1) is 13.2 Å². The van der Waals surface area contributed by atoms with Gasteiger partial charge in [-0.1, -0.05) is 18.2 Å². The Morgan fingerprint density at radius 1 is 1.27 bits per heavy atom. The molecule has 1 rings (SSSR count). The lowest BCUT2D eigenvalue weighted by Crippen LogP contribution is -2.35. The first kappa shape index (κ1) is 17.3. The third-order valence-electron chi connectivity index (χ3n) is 2.86. The topological polar surface area (TPSA) is 81.9 Å². The summed E-state index contributed by atoms with van der Waals surface area (Å²) in [4.78, 5) is 25.1. The molecule has 2 N–H and O–H groups in total. The molecule has 0 aromatic heterocycles. The van der Waals surface area contributed by atoms with Gasteiger partial charge in [-0.25, -0.2) is 0 Å². The Labute approximate surface area is 129 Å². The molecule has 0 saturated carbocycles. The Hall–Kier alpha value is -2.76. The SMILES string of the molecule is C=CCN(CC=C)C(=O)COc1c(OC)cccc1C(N)=O. The number of nitrogens with two attached hydrogens (primary N) is 1. The summed E-state index contributed by atoms with van der Waals surface area (Å²) in [6.07, 6.45) is 3.22. The number of carbonyl (C=O) groups is 2. The third kappa shape index (κ3) is 4.37. The highest BCUT2D eigenvalue weighted by atomic mass is 16.5. The first-order valence-corrected chi connectivity index (χ1v) is 6.64. The maximum Gasteiger partial charge on any atom is 0.261 e. The molecule has 0 aliphatic rings. The van der Waals surface area contributed by atoms with E-state index in [1.54, 1.807) is 24.3 Å². The third-order valence-corrected chi connectivity index (χ3v) is 2.86. The molecule has 6 heteroatoms. The van der Waals surface area contributed by atoms with Gasteiger partial charge in [-0.3, -0.25) is 9.59 Å². The van der Waals surface area contributed by atoms with Crippen molar-refractivity contribution in [1.82, 2.24) is 4.90 Å².